The van der Waals surface area contributed by atoms with E-state index >= 15 is 0 Å². The van der Waals surface area contributed by atoms with E-state index < -0.39 is 0 Å². The van der Waals surface area contributed by atoms with Crippen molar-refractivity contribution in [2.45, 2.75) is 6.92 Å². The number of carbonyl (C=O) groups is 1. The minimum atomic E-state index is -0.109. The topological polar surface area (TPSA) is 35.9 Å². The highest BCUT2D eigenvalue weighted by molar-refractivity contribution is 9.10. The summed E-state index contributed by atoms with van der Waals surface area (Å²) in [5.74, 6) is -0.109. The molecule has 1 heterocycles. The molecular formula is C19H18BrN3O. The van der Waals surface area contributed by atoms with Gasteiger partial charge in [0.05, 0.1) is 17.0 Å². The molecule has 5 heteroatoms. The molecule has 0 aromatic heterocycles. The maximum atomic E-state index is 12.7. The Kier molecular flexibility index (Phi) is 4.53. The van der Waals surface area contributed by atoms with Crippen LogP contribution >= 0.6 is 15.9 Å². The Morgan fingerprint density at radius 2 is 1.83 bits per heavy atom. The summed E-state index contributed by atoms with van der Waals surface area (Å²) in [6.45, 7) is 1.86. The van der Waals surface area contributed by atoms with Gasteiger partial charge in [-0.05, 0) is 48.9 Å². The summed E-state index contributed by atoms with van der Waals surface area (Å²) in [6.07, 6.45) is 1.89. The molecule has 0 N–H and O–H groups in total. The van der Waals surface area contributed by atoms with Crippen LogP contribution in [0.15, 0.2) is 63.7 Å². The molecule has 0 spiro atoms. The zero-order valence-corrected chi connectivity index (χ0v) is 15.4. The minimum Gasteiger partial charge on any atom is -0.378 e. The summed E-state index contributed by atoms with van der Waals surface area (Å²) < 4.78 is 0.914. The fraction of sp³-hybridized carbons (Fsp3) is 0.158. The van der Waals surface area contributed by atoms with Gasteiger partial charge in [0.1, 0.15) is 0 Å². The second-order valence-electron chi connectivity index (χ2n) is 5.83. The smallest absolute Gasteiger partial charge is 0.280 e. The van der Waals surface area contributed by atoms with Crippen molar-refractivity contribution >= 4 is 45.0 Å². The second-order valence-corrected chi connectivity index (χ2v) is 6.74. The Morgan fingerprint density at radius 1 is 1.12 bits per heavy atom. The van der Waals surface area contributed by atoms with Crippen molar-refractivity contribution in [3.8, 4) is 0 Å². The van der Waals surface area contributed by atoms with Crippen LogP contribution in [0.3, 0.4) is 0 Å². The lowest BCUT2D eigenvalue weighted by Crippen LogP contribution is -2.21. The largest absolute Gasteiger partial charge is 0.378 e. The molecule has 3 rings (SSSR count). The Balaban J connectivity index is 1.90. The maximum Gasteiger partial charge on any atom is 0.280 e. The van der Waals surface area contributed by atoms with Crippen LogP contribution < -0.4 is 9.91 Å². The molecule has 0 atom stereocenters. The average Bonchev–Trinajstić information content (AvgIpc) is 2.83. The van der Waals surface area contributed by atoms with Gasteiger partial charge in [0.15, 0.2) is 0 Å². The molecule has 122 valence electrons. The second kappa shape index (κ2) is 6.61. The molecule has 0 saturated carbocycles. The summed E-state index contributed by atoms with van der Waals surface area (Å²) in [5.41, 5.74) is 4.19. The van der Waals surface area contributed by atoms with Gasteiger partial charge in [-0.25, -0.2) is 0 Å². The molecule has 1 amide bonds. The third kappa shape index (κ3) is 3.26. The molecule has 1 aliphatic heterocycles. The molecule has 2 aromatic rings. The Hall–Kier alpha value is -2.40. The van der Waals surface area contributed by atoms with Crippen molar-refractivity contribution in [2.24, 2.45) is 5.10 Å². The van der Waals surface area contributed by atoms with Crippen molar-refractivity contribution < 1.29 is 4.79 Å². The van der Waals surface area contributed by atoms with E-state index in [1.165, 1.54) is 5.01 Å². The monoisotopic (exact) mass is 383 g/mol. The van der Waals surface area contributed by atoms with Crippen molar-refractivity contribution in [1.82, 2.24) is 0 Å². The molecule has 0 bridgehead atoms. The van der Waals surface area contributed by atoms with Crippen LogP contribution in [0, 0.1) is 0 Å². The average molecular weight is 384 g/mol. The predicted octanol–water partition coefficient (Wildman–Crippen LogP) is 4.32. The van der Waals surface area contributed by atoms with Crippen LogP contribution in [0.5, 0.6) is 0 Å². The number of carbonyl (C=O) groups excluding carboxylic acids is 1. The maximum absolute atomic E-state index is 12.7. The lowest BCUT2D eigenvalue weighted by molar-refractivity contribution is -0.114. The molecule has 1 aliphatic rings. The number of hydrogen-bond acceptors (Lipinski definition) is 3. The Labute approximate surface area is 150 Å². The van der Waals surface area contributed by atoms with Gasteiger partial charge in [-0.3, -0.25) is 4.79 Å². The first kappa shape index (κ1) is 16.5. The van der Waals surface area contributed by atoms with Gasteiger partial charge < -0.3 is 4.90 Å². The van der Waals surface area contributed by atoms with E-state index in [9.17, 15) is 4.79 Å². The molecule has 2 aromatic carbocycles. The van der Waals surface area contributed by atoms with E-state index in [2.05, 4.69) is 21.0 Å². The van der Waals surface area contributed by atoms with Crippen LogP contribution in [0.2, 0.25) is 0 Å². The zero-order valence-electron chi connectivity index (χ0n) is 13.8. The highest BCUT2D eigenvalue weighted by Crippen LogP contribution is 2.27. The van der Waals surface area contributed by atoms with Crippen LogP contribution in [-0.4, -0.2) is 25.7 Å². The predicted molar refractivity (Wildman–Crippen MR) is 103 cm³/mol. The van der Waals surface area contributed by atoms with Gasteiger partial charge in [0.25, 0.3) is 5.91 Å². The number of hydrogen-bond donors (Lipinski definition) is 0. The summed E-state index contributed by atoms with van der Waals surface area (Å²) in [4.78, 5) is 14.8. The zero-order chi connectivity index (χ0) is 17.3. The van der Waals surface area contributed by atoms with Crippen molar-refractivity contribution in [1.29, 1.82) is 0 Å². The van der Waals surface area contributed by atoms with E-state index in [1.54, 1.807) is 0 Å². The standard InChI is InChI=1S/C19H18BrN3O/c1-13-18(11-14-7-9-16(10-8-14)22(2)3)19(24)23(21-13)17-6-4-5-15(20)12-17/h4-12H,1-3H3. The normalized spacial score (nSPS) is 15.8. The fourth-order valence-corrected chi connectivity index (χ4v) is 2.89. The summed E-state index contributed by atoms with van der Waals surface area (Å²) in [6, 6.07) is 15.6. The van der Waals surface area contributed by atoms with Gasteiger partial charge in [0, 0.05) is 24.3 Å². The van der Waals surface area contributed by atoms with Crippen molar-refractivity contribution in [3.05, 3.63) is 64.1 Å². The number of hydrazone groups is 1. The first-order valence-corrected chi connectivity index (χ1v) is 8.40. The van der Waals surface area contributed by atoms with Crippen LogP contribution in [-0.2, 0) is 4.79 Å². The summed E-state index contributed by atoms with van der Waals surface area (Å²) >= 11 is 3.43. The van der Waals surface area contributed by atoms with Crippen LogP contribution in [0.1, 0.15) is 12.5 Å². The summed E-state index contributed by atoms with van der Waals surface area (Å²) in [7, 11) is 4.00. The number of halogens is 1. The first-order chi connectivity index (χ1) is 11.5. The van der Waals surface area contributed by atoms with Gasteiger partial charge in [-0.1, -0.05) is 34.1 Å². The van der Waals surface area contributed by atoms with Crippen LogP contribution in [0.25, 0.3) is 6.08 Å². The molecule has 24 heavy (non-hydrogen) atoms. The first-order valence-electron chi connectivity index (χ1n) is 7.60. The number of anilines is 2. The third-order valence-electron chi connectivity index (χ3n) is 3.84. The molecule has 0 saturated heterocycles. The lowest BCUT2D eigenvalue weighted by atomic mass is 10.1. The SMILES string of the molecule is CC1=NN(c2cccc(Br)c2)C(=O)C1=Cc1ccc(N(C)C)cc1. The third-order valence-corrected chi connectivity index (χ3v) is 4.33. The fourth-order valence-electron chi connectivity index (χ4n) is 2.50. The number of nitrogens with zero attached hydrogens (tertiary/aromatic N) is 3. The minimum absolute atomic E-state index is 0.109. The molecule has 0 radical (unpaired) electrons. The Morgan fingerprint density at radius 3 is 2.46 bits per heavy atom. The quantitative estimate of drug-likeness (QED) is 0.739. The molecule has 0 unspecified atom stereocenters. The van der Waals surface area contributed by atoms with Gasteiger partial charge in [-0.2, -0.15) is 10.1 Å². The van der Waals surface area contributed by atoms with Gasteiger partial charge >= 0.3 is 0 Å². The Bertz CT molecular complexity index is 838. The number of rotatable bonds is 3. The highest BCUT2D eigenvalue weighted by Gasteiger charge is 2.28. The summed E-state index contributed by atoms with van der Waals surface area (Å²) in [5, 5.41) is 5.85. The molecule has 0 aliphatic carbocycles. The van der Waals surface area contributed by atoms with Crippen molar-refractivity contribution in [3.63, 3.8) is 0 Å². The van der Waals surface area contributed by atoms with E-state index in [-0.39, 0.29) is 5.91 Å². The molecular weight excluding hydrogens is 366 g/mol. The molecule has 4 nitrogen and oxygen atoms in total. The van der Waals surface area contributed by atoms with E-state index in [4.69, 9.17) is 0 Å². The van der Waals surface area contributed by atoms with E-state index in [0.717, 1.165) is 27.1 Å². The van der Waals surface area contributed by atoms with Gasteiger partial charge in [0.2, 0.25) is 0 Å². The van der Waals surface area contributed by atoms with Gasteiger partial charge in [-0.15, -0.1) is 0 Å². The van der Waals surface area contributed by atoms with Crippen molar-refractivity contribution in [2.75, 3.05) is 24.0 Å². The van der Waals surface area contributed by atoms with E-state index in [1.807, 2.05) is 80.5 Å². The number of benzene rings is 2. The van der Waals surface area contributed by atoms with E-state index in [0.29, 0.717) is 5.57 Å². The highest BCUT2D eigenvalue weighted by atomic mass is 79.9. The number of amides is 1. The molecule has 0 fully saturated rings. The van der Waals surface area contributed by atoms with Crippen LogP contribution in [0.4, 0.5) is 11.4 Å². The lowest BCUT2D eigenvalue weighted by Gasteiger charge is -2.12.